The maximum Gasteiger partial charge on any atom is 0.0670 e. The van der Waals surface area contributed by atoms with E-state index in [0.717, 1.165) is 24.2 Å². The van der Waals surface area contributed by atoms with Gasteiger partial charge in [-0.05, 0) is 50.5 Å². The van der Waals surface area contributed by atoms with E-state index in [1.54, 1.807) is 0 Å². The fourth-order valence-electron chi connectivity index (χ4n) is 4.75. The van der Waals surface area contributed by atoms with Crippen molar-refractivity contribution in [3.8, 4) is 0 Å². The van der Waals surface area contributed by atoms with Gasteiger partial charge in [-0.25, -0.2) is 0 Å². The molecule has 0 aliphatic heterocycles. The zero-order valence-electron chi connectivity index (χ0n) is 13.8. The molecule has 0 amide bonds. The molecule has 1 aromatic rings. The highest BCUT2D eigenvalue weighted by molar-refractivity contribution is 5.22. The van der Waals surface area contributed by atoms with Crippen LogP contribution in [0.5, 0.6) is 0 Å². The summed E-state index contributed by atoms with van der Waals surface area (Å²) in [6.45, 7) is 4.05. The Morgan fingerprint density at radius 2 is 2.24 bits per heavy atom. The summed E-state index contributed by atoms with van der Waals surface area (Å²) in [4.78, 5) is 2.49. The minimum absolute atomic E-state index is 0.313. The molecule has 2 bridgehead atoms. The van der Waals surface area contributed by atoms with Crippen molar-refractivity contribution in [1.29, 1.82) is 0 Å². The first-order valence-corrected chi connectivity index (χ1v) is 8.55. The third kappa shape index (κ3) is 2.88. The minimum Gasteiger partial charge on any atom is -0.329 e. The highest BCUT2D eigenvalue weighted by atomic mass is 15.3. The van der Waals surface area contributed by atoms with Gasteiger partial charge in [-0.1, -0.05) is 13.3 Å². The largest absolute Gasteiger partial charge is 0.329 e. The van der Waals surface area contributed by atoms with E-state index in [1.807, 2.05) is 11.7 Å². The number of hydrogen-bond acceptors (Lipinski definition) is 3. The van der Waals surface area contributed by atoms with Crippen LogP contribution in [0.25, 0.3) is 0 Å². The first-order valence-electron chi connectivity index (χ1n) is 8.55. The Morgan fingerprint density at radius 3 is 2.81 bits per heavy atom. The molecule has 21 heavy (non-hydrogen) atoms. The number of aryl methyl sites for hydroxylation is 2. The summed E-state index contributed by atoms with van der Waals surface area (Å²) in [6, 6.07) is 0.313. The number of fused-ring (bicyclic) bond motifs is 2. The summed E-state index contributed by atoms with van der Waals surface area (Å²) in [5.41, 5.74) is 8.64. The molecular weight excluding hydrogens is 260 g/mol. The smallest absolute Gasteiger partial charge is 0.0670 e. The molecule has 118 valence electrons. The van der Waals surface area contributed by atoms with Crippen molar-refractivity contribution in [2.75, 3.05) is 20.1 Å². The van der Waals surface area contributed by atoms with Crippen LogP contribution >= 0.6 is 0 Å². The van der Waals surface area contributed by atoms with Gasteiger partial charge in [0, 0.05) is 31.9 Å². The van der Waals surface area contributed by atoms with Crippen molar-refractivity contribution in [3.63, 3.8) is 0 Å². The van der Waals surface area contributed by atoms with Crippen LogP contribution in [-0.2, 0) is 13.5 Å². The SMILES string of the molecule is CCc1nn(C)cc1C(CN)N(C)CC1CC2CCC1C2. The molecule has 0 radical (unpaired) electrons. The molecule has 2 aliphatic carbocycles. The van der Waals surface area contributed by atoms with E-state index < -0.39 is 0 Å². The van der Waals surface area contributed by atoms with E-state index in [0.29, 0.717) is 12.6 Å². The summed E-state index contributed by atoms with van der Waals surface area (Å²) >= 11 is 0. The fraction of sp³-hybridized carbons (Fsp3) is 0.824. The van der Waals surface area contributed by atoms with Gasteiger partial charge in [-0.2, -0.15) is 5.10 Å². The molecule has 0 aromatic carbocycles. The first kappa shape index (κ1) is 15.0. The number of likely N-dealkylation sites (N-methyl/N-ethyl adjacent to an activating group) is 1. The molecule has 2 saturated carbocycles. The number of rotatable bonds is 6. The molecule has 2 N–H and O–H groups in total. The molecular formula is C17H30N4. The third-order valence-electron chi connectivity index (χ3n) is 5.79. The molecule has 0 saturated heterocycles. The third-order valence-corrected chi connectivity index (χ3v) is 5.79. The van der Waals surface area contributed by atoms with E-state index in [2.05, 4.69) is 30.2 Å². The quantitative estimate of drug-likeness (QED) is 0.875. The Bertz CT molecular complexity index is 481. The average Bonchev–Trinajstić information content (AvgIpc) is 3.15. The summed E-state index contributed by atoms with van der Waals surface area (Å²) in [5, 5.41) is 4.58. The van der Waals surface area contributed by atoms with Gasteiger partial charge in [0.15, 0.2) is 0 Å². The highest BCUT2D eigenvalue weighted by Gasteiger charge is 2.40. The van der Waals surface area contributed by atoms with Crippen molar-refractivity contribution in [1.82, 2.24) is 14.7 Å². The van der Waals surface area contributed by atoms with E-state index in [4.69, 9.17) is 5.73 Å². The van der Waals surface area contributed by atoms with Crippen LogP contribution in [0.3, 0.4) is 0 Å². The molecule has 4 unspecified atom stereocenters. The van der Waals surface area contributed by atoms with Gasteiger partial charge in [0.2, 0.25) is 0 Å². The standard InChI is InChI=1S/C17H30N4/c1-4-16-15(11-21(3)19-16)17(9-18)20(2)10-14-8-12-5-6-13(14)7-12/h11-14,17H,4-10,18H2,1-3H3. The number of hydrogen-bond donors (Lipinski definition) is 1. The van der Waals surface area contributed by atoms with Gasteiger partial charge < -0.3 is 5.73 Å². The lowest BCUT2D eigenvalue weighted by atomic mass is 9.88. The Balaban J connectivity index is 1.70. The molecule has 1 aromatic heterocycles. The molecule has 1 heterocycles. The summed E-state index contributed by atoms with van der Waals surface area (Å²) < 4.78 is 1.93. The Labute approximate surface area is 128 Å². The lowest BCUT2D eigenvalue weighted by Gasteiger charge is -2.32. The van der Waals surface area contributed by atoms with Crippen LogP contribution in [0.4, 0.5) is 0 Å². The molecule has 2 fully saturated rings. The monoisotopic (exact) mass is 290 g/mol. The second-order valence-corrected chi connectivity index (χ2v) is 7.18. The van der Waals surface area contributed by atoms with E-state index >= 15 is 0 Å². The lowest BCUT2D eigenvalue weighted by Crippen LogP contribution is -2.36. The van der Waals surface area contributed by atoms with Gasteiger partial charge in [-0.3, -0.25) is 9.58 Å². The molecule has 2 aliphatic rings. The molecule has 4 atom stereocenters. The minimum atomic E-state index is 0.313. The van der Waals surface area contributed by atoms with Crippen molar-refractivity contribution in [2.45, 2.75) is 45.1 Å². The van der Waals surface area contributed by atoms with Crippen LogP contribution in [0.1, 0.15) is 49.9 Å². The highest BCUT2D eigenvalue weighted by Crippen LogP contribution is 2.48. The van der Waals surface area contributed by atoms with Crippen LogP contribution in [0.2, 0.25) is 0 Å². The summed E-state index contributed by atoms with van der Waals surface area (Å²) in [7, 11) is 4.25. The number of aromatic nitrogens is 2. The van der Waals surface area contributed by atoms with Crippen molar-refractivity contribution in [2.24, 2.45) is 30.5 Å². The van der Waals surface area contributed by atoms with Gasteiger partial charge in [-0.15, -0.1) is 0 Å². The van der Waals surface area contributed by atoms with E-state index in [-0.39, 0.29) is 0 Å². The van der Waals surface area contributed by atoms with Crippen LogP contribution in [-0.4, -0.2) is 34.8 Å². The van der Waals surface area contributed by atoms with E-state index in [9.17, 15) is 0 Å². The Morgan fingerprint density at radius 1 is 1.43 bits per heavy atom. The second-order valence-electron chi connectivity index (χ2n) is 7.18. The molecule has 4 heteroatoms. The van der Waals surface area contributed by atoms with Crippen LogP contribution in [0.15, 0.2) is 6.20 Å². The van der Waals surface area contributed by atoms with Crippen molar-refractivity contribution >= 4 is 0 Å². The normalized spacial score (nSPS) is 29.5. The molecule has 3 rings (SSSR count). The maximum atomic E-state index is 6.11. The summed E-state index contributed by atoms with van der Waals surface area (Å²) in [5.74, 6) is 2.90. The topological polar surface area (TPSA) is 47.1 Å². The van der Waals surface area contributed by atoms with Crippen molar-refractivity contribution < 1.29 is 0 Å². The van der Waals surface area contributed by atoms with Crippen molar-refractivity contribution in [3.05, 3.63) is 17.5 Å². The summed E-state index contributed by atoms with van der Waals surface area (Å²) in [6.07, 6.45) is 9.01. The number of nitrogens with zero attached hydrogens (tertiary/aromatic N) is 3. The zero-order chi connectivity index (χ0) is 15.0. The number of nitrogens with two attached hydrogens (primary N) is 1. The second kappa shape index (κ2) is 6.09. The fourth-order valence-corrected chi connectivity index (χ4v) is 4.75. The zero-order valence-corrected chi connectivity index (χ0v) is 13.8. The molecule has 4 nitrogen and oxygen atoms in total. The average molecular weight is 290 g/mol. The first-order chi connectivity index (χ1) is 10.1. The van der Waals surface area contributed by atoms with Gasteiger partial charge in [0.25, 0.3) is 0 Å². The Kier molecular flexibility index (Phi) is 4.36. The van der Waals surface area contributed by atoms with Crippen LogP contribution < -0.4 is 5.73 Å². The predicted octanol–water partition coefficient (Wildman–Crippen LogP) is 2.35. The predicted molar refractivity (Wildman–Crippen MR) is 85.9 cm³/mol. The lowest BCUT2D eigenvalue weighted by molar-refractivity contribution is 0.175. The molecule has 0 spiro atoms. The van der Waals surface area contributed by atoms with Gasteiger partial charge >= 0.3 is 0 Å². The maximum absolute atomic E-state index is 6.11. The van der Waals surface area contributed by atoms with Gasteiger partial charge in [0.05, 0.1) is 11.7 Å². The van der Waals surface area contributed by atoms with E-state index in [1.165, 1.54) is 43.5 Å². The van der Waals surface area contributed by atoms with Gasteiger partial charge in [0.1, 0.15) is 0 Å². The van der Waals surface area contributed by atoms with Crippen LogP contribution in [0, 0.1) is 17.8 Å². The Hall–Kier alpha value is -0.870.